The number of methoxy groups -OCH3 is 1. The van der Waals surface area contributed by atoms with Crippen molar-refractivity contribution in [1.29, 1.82) is 0 Å². The smallest absolute Gasteiger partial charge is 0.279 e. The summed E-state index contributed by atoms with van der Waals surface area (Å²) < 4.78 is 40.9. The first-order valence-corrected chi connectivity index (χ1v) is 12.5. The quantitative estimate of drug-likeness (QED) is 0.689. The lowest BCUT2D eigenvalue weighted by atomic mass is 10.2. The summed E-state index contributed by atoms with van der Waals surface area (Å²) in [4.78, 5) is 19.0. The van der Waals surface area contributed by atoms with Crippen molar-refractivity contribution in [2.24, 2.45) is 4.99 Å². The molecule has 2 aromatic rings. The van der Waals surface area contributed by atoms with E-state index in [0.29, 0.717) is 41.2 Å². The van der Waals surface area contributed by atoms with E-state index < -0.39 is 15.7 Å². The number of fused-ring (bicyclic) bond motifs is 2. The van der Waals surface area contributed by atoms with Crippen LogP contribution >= 0.6 is 11.8 Å². The molecule has 0 radical (unpaired) electrons. The highest BCUT2D eigenvalue weighted by Crippen LogP contribution is 2.43. The molecule has 3 heterocycles. The minimum absolute atomic E-state index is 0.0227. The number of anilines is 1. The zero-order valence-corrected chi connectivity index (χ0v) is 18.3. The summed E-state index contributed by atoms with van der Waals surface area (Å²) in [5, 5.41) is 0.308. The summed E-state index contributed by atoms with van der Waals surface area (Å²) >= 11 is 1.33. The second-order valence-electron chi connectivity index (χ2n) is 7.43. The molecule has 3 aliphatic heterocycles. The Kier molecular flexibility index (Phi) is 5.05. The standard InChI is InChI=1S/C21H20N2O6S2/c1-27-15-5-2-13(3-6-15)20(24)22-21-23(16-11-31(25,26)12-19(16)30-21)14-4-7-17-18(10-14)29-9-8-28-17/h2-7,10,16,19H,8-9,11-12H2,1H3/t16-,19-/m0/s1. The lowest BCUT2D eigenvalue weighted by Gasteiger charge is -2.26. The number of sulfone groups is 1. The van der Waals surface area contributed by atoms with E-state index in [0.717, 1.165) is 5.69 Å². The molecule has 0 unspecified atom stereocenters. The van der Waals surface area contributed by atoms with Crippen LogP contribution in [0, 0.1) is 0 Å². The van der Waals surface area contributed by atoms with Crippen molar-refractivity contribution in [2.45, 2.75) is 11.3 Å². The molecule has 2 fully saturated rings. The molecule has 3 aliphatic rings. The molecular weight excluding hydrogens is 440 g/mol. The molecule has 0 N–H and O–H groups in total. The van der Waals surface area contributed by atoms with Crippen LogP contribution < -0.4 is 19.1 Å². The lowest BCUT2D eigenvalue weighted by Crippen LogP contribution is -2.37. The number of aliphatic imine (C=N–C) groups is 1. The Labute approximate surface area is 184 Å². The van der Waals surface area contributed by atoms with Gasteiger partial charge in [0.25, 0.3) is 5.91 Å². The van der Waals surface area contributed by atoms with Gasteiger partial charge < -0.3 is 19.1 Å². The zero-order valence-electron chi connectivity index (χ0n) is 16.7. The molecule has 8 nitrogen and oxygen atoms in total. The van der Waals surface area contributed by atoms with Gasteiger partial charge in [0.15, 0.2) is 26.5 Å². The van der Waals surface area contributed by atoms with E-state index in [2.05, 4.69) is 4.99 Å². The van der Waals surface area contributed by atoms with E-state index >= 15 is 0 Å². The average molecular weight is 461 g/mol. The molecule has 0 aromatic heterocycles. The van der Waals surface area contributed by atoms with Crippen molar-refractivity contribution in [3.63, 3.8) is 0 Å². The van der Waals surface area contributed by atoms with Crippen molar-refractivity contribution in [1.82, 2.24) is 0 Å². The number of amides is 1. The third-order valence-electron chi connectivity index (χ3n) is 5.40. The Bertz CT molecular complexity index is 1160. The number of carbonyl (C=O) groups excluding carboxylic acids is 1. The summed E-state index contributed by atoms with van der Waals surface area (Å²) in [6.45, 7) is 0.931. The Balaban J connectivity index is 1.51. The number of hydrogen-bond donors (Lipinski definition) is 0. The van der Waals surface area contributed by atoms with Gasteiger partial charge in [0.2, 0.25) is 0 Å². The average Bonchev–Trinajstić information content (AvgIpc) is 3.24. The number of amidine groups is 1. The van der Waals surface area contributed by atoms with E-state index in [9.17, 15) is 13.2 Å². The maximum Gasteiger partial charge on any atom is 0.279 e. The van der Waals surface area contributed by atoms with Gasteiger partial charge >= 0.3 is 0 Å². The highest BCUT2D eigenvalue weighted by atomic mass is 32.2. The number of rotatable bonds is 3. The van der Waals surface area contributed by atoms with Crippen molar-refractivity contribution < 1.29 is 27.4 Å². The number of nitrogens with zero attached hydrogens (tertiary/aromatic N) is 2. The van der Waals surface area contributed by atoms with E-state index in [1.54, 1.807) is 37.4 Å². The Hall–Kier alpha value is -2.72. The summed E-state index contributed by atoms with van der Waals surface area (Å²) in [5.41, 5.74) is 1.16. The first-order valence-electron chi connectivity index (χ1n) is 9.76. The highest BCUT2D eigenvalue weighted by molar-refractivity contribution is 8.16. The number of ether oxygens (including phenoxy) is 3. The molecule has 2 atom stereocenters. The van der Waals surface area contributed by atoms with Gasteiger partial charge in [-0.3, -0.25) is 4.79 Å². The maximum atomic E-state index is 12.8. The summed E-state index contributed by atoms with van der Waals surface area (Å²) in [6, 6.07) is 11.9. The van der Waals surface area contributed by atoms with Crippen LogP contribution in [0.4, 0.5) is 5.69 Å². The molecule has 0 bridgehead atoms. The molecule has 162 valence electrons. The zero-order chi connectivity index (χ0) is 21.6. The molecule has 31 heavy (non-hydrogen) atoms. The van der Waals surface area contributed by atoms with Crippen molar-refractivity contribution in [3.05, 3.63) is 48.0 Å². The first-order chi connectivity index (χ1) is 14.9. The van der Waals surface area contributed by atoms with E-state index in [-0.39, 0.29) is 22.8 Å². The van der Waals surface area contributed by atoms with Crippen LogP contribution in [-0.2, 0) is 9.84 Å². The van der Waals surface area contributed by atoms with Gasteiger partial charge in [-0.05, 0) is 36.4 Å². The molecule has 1 amide bonds. The van der Waals surface area contributed by atoms with Gasteiger partial charge in [-0.2, -0.15) is 4.99 Å². The number of carbonyl (C=O) groups is 1. The monoisotopic (exact) mass is 460 g/mol. The van der Waals surface area contributed by atoms with Gasteiger partial charge in [-0.1, -0.05) is 11.8 Å². The van der Waals surface area contributed by atoms with E-state index in [1.807, 2.05) is 17.0 Å². The topological polar surface area (TPSA) is 94.5 Å². The van der Waals surface area contributed by atoms with Crippen molar-refractivity contribution in [3.8, 4) is 17.2 Å². The molecule has 10 heteroatoms. The summed E-state index contributed by atoms with van der Waals surface area (Å²) in [7, 11) is -1.59. The number of thioether (sulfide) groups is 1. The van der Waals surface area contributed by atoms with Gasteiger partial charge in [0.1, 0.15) is 19.0 Å². The van der Waals surface area contributed by atoms with Crippen LogP contribution in [0.3, 0.4) is 0 Å². The first kappa shape index (κ1) is 20.2. The fourth-order valence-electron chi connectivity index (χ4n) is 3.93. The minimum atomic E-state index is -3.15. The second-order valence-corrected chi connectivity index (χ2v) is 10.8. The molecule has 0 aliphatic carbocycles. The van der Waals surface area contributed by atoms with Gasteiger partial charge in [0, 0.05) is 22.6 Å². The van der Waals surface area contributed by atoms with Crippen molar-refractivity contribution in [2.75, 3.05) is 36.7 Å². The lowest BCUT2D eigenvalue weighted by molar-refractivity contribution is 0.100. The van der Waals surface area contributed by atoms with E-state index in [4.69, 9.17) is 14.2 Å². The van der Waals surface area contributed by atoms with Gasteiger partial charge in [0.05, 0.1) is 24.7 Å². The predicted octanol–water partition coefficient (Wildman–Crippen LogP) is 2.38. The van der Waals surface area contributed by atoms with Crippen molar-refractivity contribution >= 4 is 38.4 Å². The highest BCUT2D eigenvalue weighted by Gasteiger charge is 2.49. The fraction of sp³-hybridized carbons (Fsp3) is 0.333. The third-order valence-corrected chi connectivity index (χ3v) is 8.61. The molecule has 2 saturated heterocycles. The maximum absolute atomic E-state index is 12.8. The third kappa shape index (κ3) is 3.85. The second kappa shape index (κ2) is 7.76. The molecule has 0 spiro atoms. The predicted molar refractivity (Wildman–Crippen MR) is 118 cm³/mol. The van der Waals surface area contributed by atoms with Gasteiger partial charge in [-0.25, -0.2) is 8.42 Å². The van der Waals surface area contributed by atoms with Crippen LogP contribution in [-0.4, -0.2) is 62.6 Å². The van der Waals surface area contributed by atoms with Gasteiger partial charge in [-0.15, -0.1) is 0 Å². The fourth-order valence-corrected chi connectivity index (χ4v) is 7.85. The molecule has 0 saturated carbocycles. The summed E-state index contributed by atoms with van der Waals surface area (Å²) in [5.74, 6) is 1.59. The molecule has 2 aromatic carbocycles. The van der Waals surface area contributed by atoms with E-state index in [1.165, 1.54) is 11.8 Å². The van der Waals surface area contributed by atoms with Crippen LogP contribution in [0.5, 0.6) is 17.2 Å². The largest absolute Gasteiger partial charge is 0.497 e. The Morgan fingerprint density at radius 1 is 1.10 bits per heavy atom. The minimum Gasteiger partial charge on any atom is -0.497 e. The Morgan fingerprint density at radius 3 is 2.58 bits per heavy atom. The normalized spacial score (nSPS) is 24.8. The summed E-state index contributed by atoms with van der Waals surface area (Å²) in [6.07, 6.45) is 0. The van der Waals surface area contributed by atoms with Crippen LogP contribution in [0.25, 0.3) is 0 Å². The number of benzene rings is 2. The SMILES string of the molecule is COc1ccc(C(=O)N=C2S[C@H]3CS(=O)(=O)C[C@@H]3N2c2ccc3c(c2)OCCO3)cc1. The van der Waals surface area contributed by atoms with Crippen LogP contribution in [0.15, 0.2) is 47.5 Å². The van der Waals surface area contributed by atoms with Crippen LogP contribution in [0.1, 0.15) is 10.4 Å². The molecule has 5 rings (SSSR count). The molecular formula is C21H20N2O6S2. The van der Waals surface area contributed by atoms with Crippen LogP contribution in [0.2, 0.25) is 0 Å². The number of hydrogen-bond acceptors (Lipinski definition) is 7. The Morgan fingerprint density at radius 2 is 1.84 bits per heavy atom.